The van der Waals surface area contributed by atoms with Gasteiger partial charge in [-0.2, -0.15) is 10.1 Å². The number of aromatic hydroxyl groups is 1. The SMILES string of the molecule is CCC(CC)n1nc(C)c2nc(O)c(OC)nc21. The summed E-state index contributed by atoms with van der Waals surface area (Å²) in [5, 5.41) is 14.1. The molecule has 0 spiro atoms. The molecular formula is C12H18N4O2. The highest BCUT2D eigenvalue weighted by Crippen LogP contribution is 2.28. The monoisotopic (exact) mass is 250 g/mol. The Balaban J connectivity index is 2.68. The van der Waals surface area contributed by atoms with E-state index in [1.165, 1.54) is 7.11 Å². The molecule has 6 nitrogen and oxygen atoms in total. The molecule has 0 unspecified atom stereocenters. The molecule has 0 saturated carbocycles. The first-order valence-corrected chi connectivity index (χ1v) is 6.12. The minimum atomic E-state index is -0.197. The summed E-state index contributed by atoms with van der Waals surface area (Å²) in [4.78, 5) is 8.40. The topological polar surface area (TPSA) is 73.1 Å². The van der Waals surface area contributed by atoms with Crippen LogP contribution >= 0.6 is 0 Å². The van der Waals surface area contributed by atoms with E-state index in [1.807, 2.05) is 11.6 Å². The van der Waals surface area contributed by atoms with Crippen molar-refractivity contribution in [2.24, 2.45) is 0 Å². The first kappa shape index (κ1) is 12.6. The van der Waals surface area contributed by atoms with Gasteiger partial charge in [-0.25, -0.2) is 9.67 Å². The van der Waals surface area contributed by atoms with E-state index in [0.29, 0.717) is 11.2 Å². The molecule has 0 bridgehead atoms. The van der Waals surface area contributed by atoms with E-state index < -0.39 is 0 Å². The van der Waals surface area contributed by atoms with Crippen molar-refractivity contribution in [2.45, 2.75) is 39.7 Å². The summed E-state index contributed by atoms with van der Waals surface area (Å²) in [6, 6.07) is 0.282. The summed E-state index contributed by atoms with van der Waals surface area (Å²) in [6.45, 7) is 6.09. The molecule has 6 heteroatoms. The van der Waals surface area contributed by atoms with Crippen molar-refractivity contribution < 1.29 is 9.84 Å². The third kappa shape index (κ3) is 1.87. The standard InChI is InChI=1S/C12H18N4O2/c1-5-8(6-2)16-10-9(7(3)15-16)13-11(17)12(14-10)18-4/h8H,5-6H2,1-4H3,(H,13,17). The van der Waals surface area contributed by atoms with Gasteiger partial charge in [-0.05, 0) is 19.8 Å². The summed E-state index contributed by atoms with van der Waals surface area (Å²) in [5.41, 5.74) is 2.05. The number of hydrogen-bond donors (Lipinski definition) is 1. The molecule has 0 radical (unpaired) electrons. The molecule has 18 heavy (non-hydrogen) atoms. The molecule has 2 aromatic heterocycles. The van der Waals surface area contributed by atoms with Gasteiger partial charge in [-0.15, -0.1) is 0 Å². The van der Waals surface area contributed by atoms with Crippen LogP contribution in [-0.2, 0) is 0 Å². The maximum Gasteiger partial charge on any atom is 0.279 e. The Hall–Kier alpha value is -1.85. The maximum atomic E-state index is 9.66. The first-order chi connectivity index (χ1) is 8.62. The summed E-state index contributed by atoms with van der Waals surface area (Å²) in [5.74, 6) is -0.0631. The Kier molecular flexibility index (Phi) is 3.36. The van der Waals surface area contributed by atoms with Crippen molar-refractivity contribution in [2.75, 3.05) is 7.11 Å². The molecule has 0 fully saturated rings. The Morgan fingerprint density at radius 1 is 1.28 bits per heavy atom. The smallest absolute Gasteiger partial charge is 0.279 e. The van der Waals surface area contributed by atoms with Crippen LogP contribution in [0.25, 0.3) is 11.2 Å². The molecule has 0 aliphatic rings. The van der Waals surface area contributed by atoms with Crippen molar-refractivity contribution in [3.8, 4) is 11.8 Å². The van der Waals surface area contributed by atoms with Crippen LogP contribution < -0.4 is 4.74 Å². The van der Waals surface area contributed by atoms with Crippen LogP contribution in [0.4, 0.5) is 0 Å². The minimum absolute atomic E-state index is 0.134. The van der Waals surface area contributed by atoms with Crippen LogP contribution in [0.15, 0.2) is 0 Å². The lowest BCUT2D eigenvalue weighted by Crippen LogP contribution is -2.09. The van der Waals surface area contributed by atoms with Crippen molar-refractivity contribution in [3.63, 3.8) is 0 Å². The van der Waals surface area contributed by atoms with Gasteiger partial charge in [0.2, 0.25) is 0 Å². The zero-order valence-electron chi connectivity index (χ0n) is 11.1. The number of aryl methyl sites for hydroxylation is 1. The third-order valence-electron chi connectivity index (χ3n) is 3.13. The molecule has 0 aliphatic heterocycles. The minimum Gasteiger partial charge on any atom is -0.489 e. The molecule has 2 aromatic rings. The van der Waals surface area contributed by atoms with Crippen molar-refractivity contribution >= 4 is 11.2 Å². The number of methoxy groups -OCH3 is 1. The highest BCUT2D eigenvalue weighted by Gasteiger charge is 2.19. The maximum absolute atomic E-state index is 9.66. The predicted molar refractivity (Wildman–Crippen MR) is 67.9 cm³/mol. The average Bonchev–Trinajstić information content (AvgIpc) is 2.67. The fourth-order valence-electron chi connectivity index (χ4n) is 2.09. The normalized spacial score (nSPS) is 11.4. The van der Waals surface area contributed by atoms with Gasteiger partial charge in [0, 0.05) is 0 Å². The van der Waals surface area contributed by atoms with E-state index in [0.717, 1.165) is 18.5 Å². The van der Waals surface area contributed by atoms with Crippen LogP contribution in [0, 0.1) is 6.92 Å². The molecule has 2 rings (SSSR count). The second-order valence-electron chi connectivity index (χ2n) is 4.23. The lowest BCUT2D eigenvalue weighted by molar-refractivity contribution is 0.349. The van der Waals surface area contributed by atoms with Crippen molar-refractivity contribution in [1.82, 2.24) is 19.7 Å². The number of ether oxygens (including phenoxy) is 1. The molecule has 0 amide bonds. The number of rotatable bonds is 4. The van der Waals surface area contributed by atoms with Gasteiger partial charge in [0.25, 0.3) is 11.8 Å². The Morgan fingerprint density at radius 3 is 2.50 bits per heavy atom. The Bertz CT molecular complexity index is 561. The average molecular weight is 250 g/mol. The first-order valence-electron chi connectivity index (χ1n) is 6.12. The number of fused-ring (bicyclic) bond motifs is 1. The quantitative estimate of drug-likeness (QED) is 0.900. The Labute approximate surface area is 106 Å². The lowest BCUT2D eigenvalue weighted by Gasteiger charge is -2.13. The molecule has 0 aromatic carbocycles. The lowest BCUT2D eigenvalue weighted by atomic mass is 10.2. The molecule has 0 atom stereocenters. The highest BCUT2D eigenvalue weighted by molar-refractivity contribution is 5.74. The van der Waals surface area contributed by atoms with E-state index in [-0.39, 0.29) is 17.8 Å². The molecule has 98 valence electrons. The molecule has 0 saturated heterocycles. The van der Waals surface area contributed by atoms with Crippen LogP contribution in [0.2, 0.25) is 0 Å². The number of nitrogens with zero attached hydrogens (tertiary/aromatic N) is 4. The third-order valence-corrected chi connectivity index (χ3v) is 3.13. The second-order valence-corrected chi connectivity index (χ2v) is 4.23. The summed E-state index contributed by atoms with van der Waals surface area (Å²) < 4.78 is 6.87. The predicted octanol–water partition coefficient (Wildman–Crippen LogP) is 2.21. The van der Waals surface area contributed by atoms with Crippen LogP contribution in [0.1, 0.15) is 38.4 Å². The largest absolute Gasteiger partial charge is 0.489 e. The van der Waals surface area contributed by atoms with Gasteiger partial charge in [0.05, 0.1) is 18.8 Å². The van der Waals surface area contributed by atoms with Crippen molar-refractivity contribution in [3.05, 3.63) is 5.69 Å². The van der Waals surface area contributed by atoms with Crippen LogP contribution in [-0.4, -0.2) is 32.0 Å². The van der Waals surface area contributed by atoms with E-state index in [2.05, 4.69) is 28.9 Å². The van der Waals surface area contributed by atoms with Crippen LogP contribution in [0.3, 0.4) is 0 Å². The van der Waals surface area contributed by atoms with Gasteiger partial charge in [0.15, 0.2) is 5.65 Å². The van der Waals surface area contributed by atoms with E-state index >= 15 is 0 Å². The zero-order valence-corrected chi connectivity index (χ0v) is 11.1. The van der Waals surface area contributed by atoms with E-state index in [4.69, 9.17) is 4.74 Å². The number of aromatic nitrogens is 4. The van der Waals surface area contributed by atoms with Gasteiger partial charge < -0.3 is 9.84 Å². The van der Waals surface area contributed by atoms with Crippen LogP contribution in [0.5, 0.6) is 11.8 Å². The van der Waals surface area contributed by atoms with E-state index in [9.17, 15) is 5.11 Å². The summed E-state index contributed by atoms with van der Waals surface area (Å²) in [7, 11) is 1.46. The molecule has 0 aliphatic carbocycles. The van der Waals surface area contributed by atoms with E-state index in [1.54, 1.807) is 0 Å². The van der Waals surface area contributed by atoms with Gasteiger partial charge >= 0.3 is 0 Å². The second kappa shape index (κ2) is 4.80. The molecule has 1 N–H and O–H groups in total. The zero-order chi connectivity index (χ0) is 13.3. The molecule has 2 heterocycles. The summed E-state index contributed by atoms with van der Waals surface area (Å²) >= 11 is 0. The fourth-order valence-corrected chi connectivity index (χ4v) is 2.09. The van der Waals surface area contributed by atoms with Gasteiger partial charge in [-0.3, -0.25) is 0 Å². The van der Waals surface area contributed by atoms with Gasteiger partial charge in [-0.1, -0.05) is 13.8 Å². The summed E-state index contributed by atoms with van der Waals surface area (Å²) in [6.07, 6.45) is 1.94. The van der Waals surface area contributed by atoms with Crippen molar-refractivity contribution in [1.29, 1.82) is 0 Å². The van der Waals surface area contributed by atoms with Gasteiger partial charge in [0.1, 0.15) is 5.52 Å². The molecular weight excluding hydrogens is 232 g/mol. The number of hydrogen-bond acceptors (Lipinski definition) is 5. The fraction of sp³-hybridized carbons (Fsp3) is 0.583. The Morgan fingerprint density at radius 2 is 1.94 bits per heavy atom. The highest BCUT2D eigenvalue weighted by atomic mass is 16.5.